The molecule has 4 rings (SSSR count). The third-order valence-corrected chi connectivity index (χ3v) is 9.19. The molecule has 0 aliphatic rings. The van der Waals surface area contributed by atoms with Gasteiger partial charge in [-0.05, 0) is 67.6 Å². The molecule has 1 amide bonds. The molecule has 0 bridgehead atoms. The molecule has 0 aliphatic carbocycles. The first kappa shape index (κ1) is 26.0. The Morgan fingerprint density at radius 2 is 1.46 bits per heavy atom. The van der Waals surface area contributed by atoms with Crippen molar-refractivity contribution in [3.63, 3.8) is 0 Å². The summed E-state index contributed by atoms with van der Waals surface area (Å²) >= 11 is 0. The second-order valence-electron chi connectivity index (χ2n) is 7.82. The van der Waals surface area contributed by atoms with E-state index >= 15 is 0 Å². The number of anilines is 2. The Bertz CT molecular complexity index is 1600. The Labute approximate surface area is 214 Å². The van der Waals surface area contributed by atoms with Crippen LogP contribution < -0.4 is 9.62 Å². The fourth-order valence-electron chi connectivity index (χ4n) is 3.52. The maximum Gasteiger partial charge on any atom is 0.322 e. The Hall–Kier alpha value is -4.03. The van der Waals surface area contributed by atoms with Crippen molar-refractivity contribution in [1.82, 2.24) is 10.2 Å². The van der Waals surface area contributed by atoms with Crippen molar-refractivity contribution >= 4 is 37.5 Å². The predicted octanol–water partition coefficient (Wildman–Crippen LogP) is 4.00. The molecule has 0 aliphatic heterocycles. The van der Waals surface area contributed by atoms with Crippen molar-refractivity contribution < 1.29 is 26.0 Å². The van der Waals surface area contributed by atoms with Gasteiger partial charge in [-0.1, -0.05) is 30.2 Å². The Balaban J connectivity index is 1.47. The smallest absolute Gasteiger partial charge is 0.322 e. The van der Waals surface area contributed by atoms with Crippen LogP contribution in [0.3, 0.4) is 0 Å². The fourth-order valence-corrected chi connectivity index (χ4v) is 5.88. The van der Waals surface area contributed by atoms with Gasteiger partial charge in [0.1, 0.15) is 0 Å². The number of aromatic nitrogens is 2. The Kier molecular flexibility index (Phi) is 7.41. The number of sulfonamides is 1. The van der Waals surface area contributed by atoms with Gasteiger partial charge < -0.3 is 4.42 Å². The molecule has 0 radical (unpaired) electrons. The van der Waals surface area contributed by atoms with Gasteiger partial charge in [0.25, 0.3) is 15.9 Å². The molecule has 1 heterocycles. The lowest BCUT2D eigenvalue weighted by Crippen LogP contribution is -2.30. The van der Waals surface area contributed by atoms with E-state index in [1.54, 1.807) is 44.2 Å². The zero-order chi connectivity index (χ0) is 26.6. The van der Waals surface area contributed by atoms with Crippen molar-refractivity contribution in [2.24, 2.45) is 0 Å². The molecule has 192 valence electrons. The quantitative estimate of drug-likeness (QED) is 0.336. The minimum Gasteiger partial charge on any atom is -0.403 e. The van der Waals surface area contributed by atoms with E-state index in [1.165, 1.54) is 52.8 Å². The van der Waals surface area contributed by atoms with Crippen molar-refractivity contribution in [2.45, 2.75) is 23.6 Å². The number of nitrogens with one attached hydrogen (secondary N) is 1. The molecule has 0 saturated heterocycles. The summed E-state index contributed by atoms with van der Waals surface area (Å²) in [5.74, 6) is -0.489. The van der Waals surface area contributed by atoms with E-state index in [0.717, 1.165) is 0 Å². The average Bonchev–Trinajstić information content (AvgIpc) is 3.38. The number of rotatable bonds is 9. The van der Waals surface area contributed by atoms with Crippen LogP contribution in [0.4, 0.5) is 11.7 Å². The van der Waals surface area contributed by atoms with Crippen molar-refractivity contribution in [2.75, 3.05) is 21.9 Å². The van der Waals surface area contributed by atoms with E-state index in [0.29, 0.717) is 11.3 Å². The van der Waals surface area contributed by atoms with Gasteiger partial charge >= 0.3 is 6.01 Å². The first-order valence-corrected chi connectivity index (χ1v) is 14.4. The lowest BCUT2D eigenvalue weighted by atomic mass is 10.2. The number of nitrogens with zero attached hydrogens (tertiary/aromatic N) is 3. The molecule has 1 N–H and O–H groups in total. The summed E-state index contributed by atoms with van der Waals surface area (Å²) in [5, 5.41) is 10.2. The molecule has 4 aromatic rings. The summed E-state index contributed by atoms with van der Waals surface area (Å²) in [5.41, 5.74) is 1.22. The molecule has 0 saturated carbocycles. The zero-order valence-corrected chi connectivity index (χ0v) is 21.7. The number of hydrogen-bond donors (Lipinski definition) is 1. The number of amides is 1. The highest BCUT2D eigenvalue weighted by molar-refractivity contribution is 7.92. The average molecular weight is 541 g/mol. The second kappa shape index (κ2) is 10.5. The molecule has 0 atom stereocenters. The summed E-state index contributed by atoms with van der Waals surface area (Å²) in [6.45, 7) is 3.55. The minimum absolute atomic E-state index is 0.0140. The third kappa shape index (κ3) is 5.54. The monoisotopic (exact) mass is 540 g/mol. The highest BCUT2D eigenvalue weighted by Crippen LogP contribution is 2.25. The molecule has 0 unspecified atom stereocenters. The molecule has 37 heavy (non-hydrogen) atoms. The van der Waals surface area contributed by atoms with Gasteiger partial charge in [-0.15, -0.1) is 5.10 Å². The largest absolute Gasteiger partial charge is 0.403 e. The number of hydrogen-bond acceptors (Lipinski definition) is 8. The molecule has 10 nitrogen and oxygen atoms in total. The van der Waals surface area contributed by atoms with Gasteiger partial charge in [-0.2, -0.15) is 0 Å². The Morgan fingerprint density at radius 1 is 0.838 bits per heavy atom. The first-order valence-electron chi connectivity index (χ1n) is 11.3. The van der Waals surface area contributed by atoms with Crippen LogP contribution in [-0.2, 0) is 19.9 Å². The van der Waals surface area contributed by atoms with Crippen molar-refractivity contribution in [3.8, 4) is 11.5 Å². The second-order valence-corrected chi connectivity index (χ2v) is 12.0. The number of benzene rings is 3. The van der Waals surface area contributed by atoms with E-state index in [2.05, 4.69) is 15.5 Å². The van der Waals surface area contributed by atoms with Crippen LogP contribution in [0, 0.1) is 0 Å². The van der Waals surface area contributed by atoms with Gasteiger partial charge in [-0.3, -0.25) is 14.4 Å². The highest BCUT2D eigenvalue weighted by atomic mass is 32.2. The molecule has 0 spiro atoms. The highest BCUT2D eigenvalue weighted by Gasteiger charge is 2.24. The van der Waals surface area contributed by atoms with E-state index < -0.39 is 25.8 Å². The molecule has 3 aromatic carbocycles. The van der Waals surface area contributed by atoms with Gasteiger partial charge in [0, 0.05) is 17.7 Å². The fraction of sp³-hybridized carbons (Fsp3) is 0.160. The van der Waals surface area contributed by atoms with Crippen LogP contribution in [0.15, 0.2) is 93.1 Å². The number of sulfone groups is 1. The lowest BCUT2D eigenvalue weighted by Gasteiger charge is -2.22. The summed E-state index contributed by atoms with van der Waals surface area (Å²) in [6.07, 6.45) is 0. The molecule has 0 fully saturated rings. The number of para-hydroxylation sites is 1. The van der Waals surface area contributed by atoms with Crippen LogP contribution in [0.1, 0.15) is 24.2 Å². The van der Waals surface area contributed by atoms with E-state index in [4.69, 9.17) is 4.42 Å². The predicted molar refractivity (Wildman–Crippen MR) is 139 cm³/mol. The third-order valence-electron chi connectivity index (χ3n) is 5.52. The lowest BCUT2D eigenvalue weighted by molar-refractivity contribution is 0.102. The molecular formula is C25H24N4O6S2. The topological polar surface area (TPSA) is 140 Å². The van der Waals surface area contributed by atoms with Crippen LogP contribution >= 0.6 is 0 Å². The van der Waals surface area contributed by atoms with Crippen molar-refractivity contribution in [3.05, 3.63) is 84.4 Å². The van der Waals surface area contributed by atoms with E-state index in [9.17, 15) is 21.6 Å². The normalized spacial score (nSPS) is 11.7. The van der Waals surface area contributed by atoms with Crippen molar-refractivity contribution in [1.29, 1.82) is 0 Å². The van der Waals surface area contributed by atoms with Gasteiger partial charge in [0.15, 0.2) is 9.84 Å². The first-order chi connectivity index (χ1) is 17.7. The van der Waals surface area contributed by atoms with Gasteiger partial charge in [0.05, 0.1) is 21.2 Å². The van der Waals surface area contributed by atoms with E-state index in [-0.39, 0.29) is 39.6 Å². The molecule has 1 aromatic heterocycles. The van der Waals surface area contributed by atoms with Gasteiger partial charge in [0.2, 0.25) is 5.89 Å². The minimum atomic E-state index is -3.82. The van der Waals surface area contributed by atoms with Crippen LogP contribution in [0.2, 0.25) is 0 Å². The summed E-state index contributed by atoms with van der Waals surface area (Å²) < 4.78 is 56.9. The summed E-state index contributed by atoms with van der Waals surface area (Å²) in [4.78, 5) is 12.9. The van der Waals surface area contributed by atoms with E-state index in [1.807, 2.05) is 0 Å². The SMILES string of the molecule is CCN(c1ccccc1)S(=O)(=O)c1ccc(C(=O)Nc2nnc(-c3ccc(S(=O)(=O)CC)cc3)o2)cc1. The number of carbonyl (C=O) groups excluding carboxylic acids is 1. The maximum absolute atomic E-state index is 13.1. The summed E-state index contributed by atoms with van der Waals surface area (Å²) in [7, 11) is -7.16. The Morgan fingerprint density at radius 3 is 2.05 bits per heavy atom. The van der Waals surface area contributed by atoms with Crippen LogP contribution in [-0.4, -0.2) is 45.2 Å². The zero-order valence-electron chi connectivity index (χ0n) is 20.0. The summed E-state index contributed by atoms with van der Waals surface area (Å²) in [6, 6.07) is 20.1. The maximum atomic E-state index is 13.1. The number of carbonyl (C=O) groups is 1. The molecular weight excluding hydrogens is 516 g/mol. The standard InChI is InChI=1S/C25H24N4O6S2/c1-3-29(20-8-6-5-7-9-20)37(33,34)22-16-10-18(11-17-22)23(30)26-25-28-27-24(35-25)19-12-14-21(15-13-19)36(31,32)4-2/h5-17H,3-4H2,1-2H3,(H,26,28,30). The van der Waals surface area contributed by atoms with Crippen LogP contribution in [0.25, 0.3) is 11.5 Å². The van der Waals surface area contributed by atoms with Gasteiger partial charge in [-0.25, -0.2) is 16.8 Å². The molecule has 12 heteroatoms. The van der Waals surface area contributed by atoms with Crippen LogP contribution in [0.5, 0.6) is 0 Å².